The topological polar surface area (TPSA) is 46.2 Å². The number of hydrogen-bond acceptors (Lipinski definition) is 3. The number of hydrogen-bond donors (Lipinski definition) is 1. The molecule has 3 nitrogen and oxygen atoms in total. The van der Waals surface area contributed by atoms with Crippen molar-refractivity contribution in [2.24, 2.45) is 5.92 Å². The Balaban J connectivity index is 2.84. The Morgan fingerprint density at radius 2 is 2.06 bits per heavy atom. The second kappa shape index (κ2) is 6.18. The summed E-state index contributed by atoms with van der Waals surface area (Å²) >= 11 is 6.97. The largest absolute Gasteiger partial charge is 0.250 e. The van der Waals surface area contributed by atoms with Crippen LogP contribution in [0, 0.1) is 12.8 Å². The van der Waals surface area contributed by atoms with E-state index in [4.69, 9.17) is 11.6 Å². The van der Waals surface area contributed by atoms with Gasteiger partial charge in [-0.1, -0.05) is 13.8 Å². The average Bonchev–Trinajstić information content (AvgIpc) is 2.64. The first-order valence-corrected chi connectivity index (χ1v) is 8.35. The van der Waals surface area contributed by atoms with Crippen molar-refractivity contribution >= 4 is 33.0 Å². The zero-order chi connectivity index (χ0) is 13.1. The molecule has 1 N–H and O–H groups in total. The summed E-state index contributed by atoms with van der Waals surface area (Å²) in [6.45, 7) is 5.86. The molecule has 0 saturated carbocycles. The van der Waals surface area contributed by atoms with Gasteiger partial charge in [0.2, 0.25) is 10.0 Å². The summed E-state index contributed by atoms with van der Waals surface area (Å²) in [6.07, 6.45) is 0.642. The minimum absolute atomic E-state index is 0.111. The molecule has 6 heteroatoms. The van der Waals surface area contributed by atoms with E-state index in [2.05, 4.69) is 4.72 Å². The number of rotatable bonds is 6. The number of aryl methyl sites for hydroxylation is 1. The van der Waals surface area contributed by atoms with Gasteiger partial charge in [0.05, 0.1) is 0 Å². The summed E-state index contributed by atoms with van der Waals surface area (Å²) in [7, 11) is -3.40. The monoisotopic (exact) mass is 295 g/mol. The minimum Gasteiger partial charge on any atom is -0.207 e. The molecule has 98 valence electrons. The molecule has 1 atom stereocenters. The second-order valence-corrected chi connectivity index (χ2v) is 7.92. The molecular formula is C11H18ClNO2S2. The van der Waals surface area contributed by atoms with E-state index < -0.39 is 10.0 Å². The molecule has 1 aromatic rings. The number of halogens is 1. The van der Waals surface area contributed by atoms with E-state index in [0.29, 0.717) is 16.5 Å². The Bertz CT molecular complexity index is 454. The molecule has 0 radical (unpaired) electrons. The molecule has 0 amide bonds. The number of thiophene rings is 1. The van der Waals surface area contributed by atoms with Crippen LogP contribution in [0.5, 0.6) is 0 Å². The van der Waals surface area contributed by atoms with Crippen molar-refractivity contribution in [1.82, 2.24) is 4.72 Å². The lowest BCUT2D eigenvalue weighted by molar-refractivity contribution is 0.439. The Hall–Kier alpha value is -0.100. The van der Waals surface area contributed by atoms with Gasteiger partial charge in [0.1, 0.15) is 4.21 Å². The van der Waals surface area contributed by atoms with E-state index in [0.717, 1.165) is 4.88 Å². The zero-order valence-electron chi connectivity index (χ0n) is 10.2. The van der Waals surface area contributed by atoms with Gasteiger partial charge in [-0.3, -0.25) is 0 Å². The minimum atomic E-state index is -3.40. The van der Waals surface area contributed by atoms with Crippen LogP contribution >= 0.6 is 22.9 Å². The molecule has 0 aliphatic heterocycles. The fourth-order valence-electron chi connectivity index (χ4n) is 1.46. The summed E-state index contributed by atoms with van der Waals surface area (Å²) in [4.78, 5) is 0.990. The smallest absolute Gasteiger partial charge is 0.207 e. The van der Waals surface area contributed by atoms with Crippen LogP contribution in [0.15, 0.2) is 16.3 Å². The van der Waals surface area contributed by atoms with Crippen molar-refractivity contribution in [1.29, 1.82) is 0 Å². The number of alkyl halides is 1. The SMILES string of the molecule is Cc1ccc(S(=O)(=O)NC(CCCl)C(C)C)s1. The van der Waals surface area contributed by atoms with Gasteiger partial charge in [0.15, 0.2) is 0 Å². The van der Waals surface area contributed by atoms with Crippen molar-refractivity contribution in [2.45, 2.75) is 37.4 Å². The van der Waals surface area contributed by atoms with Gasteiger partial charge in [0, 0.05) is 16.8 Å². The van der Waals surface area contributed by atoms with Crippen LogP contribution in [0.3, 0.4) is 0 Å². The maximum atomic E-state index is 12.1. The summed E-state index contributed by atoms with van der Waals surface area (Å²) in [5, 5.41) is 0. The molecule has 0 saturated heterocycles. The normalized spacial score (nSPS) is 14.2. The van der Waals surface area contributed by atoms with Crippen LogP contribution in [0.1, 0.15) is 25.1 Å². The van der Waals surface area contributed by atoms with Crippen molar-refractivity contribution in [3.05, 3.63) is 17.0 Å². The lowest BCUT2D eigenvalue weighted by Crippen LogP contribution is -2.38. The van der Waals surface area contributed by atoms with Gasteiger partial charge in [-0.25, -0.2) is 13.1 Å². The van der Waals surface area contributed by atoms with Crippen LogP contribution in [0.25, 0.3) is 0 Å². The second-order valence-electron chi connectivity index (χ2n) is 4.31. The van der Waals surface area contributed by atoms with Crippen LogP contribution in [0.2, 0.25) is 0 Å². The number of nitrogens with one attached hydrogen (secondary N) is 1. The molecule has 0 aromatic carbocycles. The first kappa shape index (κ1) is 15.0. The highest BCUT2D eigenvalue weighted by Crippen LogP contribution is 2.21. The standard InChI is InChI=1S/C11H18ClNO2S2/c1-8(2)10(6-7-12)13-17(14,15)11-5-4-9(3)16-11/h4-5,8,10,13H,6-7H2,1-3H3. The summed E-state index contributed by atoms with van der Waals surface area (Å²) < 4.78 is 27.3. The predicted molar refractivity (Wildman–Crippen MR) is 73.3 cm³/mol. The molecule has 0 spiro atoms. The zero-order valence-corrected chi connectivity index (χ0v) is 12.6. The maximum Gasteiger partial charge on any atom is 0.250 e. The molecule has 0 bridgehead atoms. The molecule has 0 aliphatic rings. The average molecular weight is 296 g/mol. The summed E-state index contributed by atoms with van der Waals surface area (Å²) in [5.41, 5.74) is 0. The summed E-state index contributed by atoms with van der Waals surface area (Å²) in [5.74, 6) is 0.680. The van der Waals surface area contributed by atoms with E-state index in [1.165, 1.54) is 11.3 Å². The maximum absolute atomic E-state index is 12.1. The van der Waals surface area contributed by atoms with E-state index in [1.807, 2.05) is 26.8 Å². The molecule has 1 rings (SSSR count). The Labute approximate surface area is 112 Å². The van der Waals surface area contributed by atoms with Crippen molar-refractivity contribution in [3.8, 4) is 0 Å². The quantitative estimate of drug-likeness (QED) is 0.820. The van der Waals surface area contributed by atoms with Gasteiger partial charge < -0.3 is 0 Å². The molecule has 0 fully saturated rings. The van der Waals surface area contributed by atoms with Gasteiger partial charge >= 0.3 is 0 Å². The Kier molecular flexibility index (Phi) is 5.44. The van der Waals surface area contributed by atoms with Crippen LogP contribution in [0.4, 0.5) is 0 Å². The van der Waals surface area contributed by atoms with E-state index in [1.54, 1.807) is 6.07 Å². The van der Waals surface area contributed by atoms with Gasteiger partial charge in [-0.2, -0.15) is 0 Å². The fraction of sp³-hybridized carbons (Fsp3) is 0.636. The van der Waals surface area contributed by atoms with Crippen molar-refractivity contribution in [3.63, 3.8) is 0 Å². The van der Waals surface area contributed by atoms with Gasteiger partial charge in [0.25, 0.3) is 0 Å². The van der Waals surface area contributed by atoms with E-state index in [-0.39, 0.29) is 12.0 Å². The molecule has 1 heterocycles. The Morgan fingerprint density at radius 3 is 2.47 bits per heavy atom. The molecule has 1 aromatic heterocycles. The Morgan fingerprint density at radius 1 is 1.41 bits per heavy atom. The van der Waals surface area contributed by atoms with Crippen LogP contribution in [-0.2, 0) is 10.0 Å². The van der Waals surface area contributed by atoms with E-state index >= 15 is 0 Å². The highest BCUT2D eigenvalue weighted by atomic mass is 35.5. The highest BCUT2D eigenvalue weighted by Gasteiger charge is 2.23. The number of sulfonamides is 1. The predicted octanol–water partition coefficient (Wildman–Crippen LogP) is 2.99. The fourth-order valence-corrected chi connectivity index (χ4v) is 4.41. The lowest BCUT2D eigenvalue weighted by Gasteiger charge is -2.20. The van der Waals surface area contributed by atoms with Crippen LogP contribution in [-0.4, -0.2) is 20.3 Å². The third-order valence-corrected chi connectivity index (χ3v) is 5.71. The first-order valence-electron chi connectivity index (χ1n) is 5.51. The first-order chi connectivity index (χ1) is 7.86. The molecule has 1 unspecified atom stereocenters. The van der Waals surface area contributed by atoms with Gasteiger partial charge in [-0.15, -0.1) is 22.9 Å². The van der Waals surface area contributed by atoms with Crippen molar-refractivity contribution in [2.75, 3.05) is 5.88 Å². The molecular weight excluding hydrogens is 278 g/mol. The third-order valence-electron chi connectivity index (χ3n) is 2.51. The lowest BCUT2D eigenvalue weighted by atomic mass is 10.0. The van der Waals surface area contributed by atoms with Crippen molar-refractivity contribution < 1.29 is 8.42 Å². The van der Waals surface area contributed by atoms with Crippen LogP contribution < -0.4 is 4.72 Å². The van der Waals surface area contributed by atoms with E-state index in [9.17, 15) is 8.42 Å². The summed E-state index contributed by atoms with van der Waals surface area (Å²) in [6, 6.07) is 3.34. The third kappa shape index (κ3) is 4.25. The molecule has 0 aliphatic carbocycles. The molecule has 17 heavy (non-hydrogen) atoms. The highest BCUT2D eigenvalue weighted by molar-refractivity contribution is 7.91. The van der Waals surface area contributed by atoms with Gasteiger partial charge in [-0.05, 0) is 31.4 Å².